The minimum Gasteiger partial charge on any atom is -0.393 e. The predicted molar refractivity (Wildman–Crippen MR) is 151 cm³/mol. The molecule has 2 unspecified atom stereocenters. The Balaban J connectivity index is 0.000000287. The SMILES string of the molecule is CCCN(CCC)C(=O)c1cc(C(N)=O)cc(C(N)=O)c1.O=C1CCC(CCC(O)CCc2cc(F)cc(F)c2)N1. The molecular weight excluding hydrogens is 534 g/mol. The lowest BCUT2D eigenvalue weighted by Crippen LogP contribution is -2.33. The molecule has 4 amide bonds. The van der Waals surface area contributed by atoms with Crippen molar-refractivity contribution in [3.05, 3.63) is 70.3 Å². The molecule has 1 aliphatic rings. The second-order valence-corrected chi connectivity index (χ2v) is 10.2. The van der Waals surface area contributed by atoms with E-state index in [0.29, 0.717) is 44.3 Å². The zero-order valence-corrected chi connectivity index (χ0v) is 23.6. The van der Waals surface area contributed by atoms with Crippen molar-refractivity contribution in [1.82, 2.24) is 10.2 Å². The number of carbonyl (C=O) groups is 4. The molecule has 0 bridgehead atoms. The third kappa shape index (κ3) is 11.3. The van der Waals surface area contributed by atoms with E-state index in [1.807, 2.05) is 13.8 Å². The van der Waals surface area contributed by atoms with E-state index >= 15 is 0 Å². The average molecular weight is 575 g/mol. The number of nitrogens with one attached hydrogen (secondary N) is 1. The van der Waals surface area contributed by atoms with E-state index in [0.717, 1.165) is 31.7 Å². The fraction of sp³-hybridized carbons (Fsp3) is 0.467. The van der Waals surface area contributed by atoms with Gasteiger partial charge in [-0.25, -0.2) is 8.78 Å². The molecule has 9 nitrogen and oxygen atoms in total. The van der Waals surface area contributed by atoms with Crippen LogP contribution < -0.4 is 16.8 Å². The Morgan fingerprint density at radius 1 is 0.927 bits per heavy atom. The zero-order valence-electron chi connectivity index (χ0n) is 23.6. The smallest absolute Gasteiger partial charge is 0.253 e. The molecule has 2 aromatic rings. The molecule has 1 fully saturated rings. The molecule has 0 aliphatic carbocycles. The highest BCUT2D eigenvalue weighted by Gasteiger charge is 2.21. The summed E-state index contributed by atoms with van der Waals surface area (Å²) in [6.45, 7) is 5.17. The number of amides is 4. The summed E-state index contributed by atoms with van der Waals surface area (Å²) in [6, 6.07) is 7.66. The van der Waals surface area contributed by atoms with Crippen LogP contribution in [0.15, 0.2) is 36.4 Å². The first-order valence-corrected chi connectivity index (χ1v) is 13.9. The highest BCUT2D eigenvalue weighted by molar-refractivity contribution is 6.03. The standard InChI is InChI=1S/C15H19F2NO2.C15H21N3O3/c16-11-7-10(8-12(17)9-11)1-4-14(19)5-2-13-3-6-15(20)18-13;1-3-5-18(6-4-2)15(21)12-8-10(13(16)19)7-11(9-12)14(17)20/h7-9,13-14,19H,1-6H2,(H,18,20);7-9H,3-6H2,1-2H3,(H2,16,19)(H2,17,20). The van der Waals surface area contributed by atoms with Gasteiger partial charge in [0.15, 0.2) is 0 Å². The van der Waals surface area contributed by atoms with Crippen LogP contribution in [0.2, 0.25) is 0 Å². The molecule has 41 heavy (non-hydrogen) atoms. The summed E-state index contributed by atoms with van der Waals surface area (Å²) in [5.74, 6) is -2.76. The third-order valence-electron chi connectivity index (χ3n) is 6.65. The van der Waals surface area contributed by atoms with Crippen LogP contribution in [0, 0.1) is 11.6 Å². The van der Waals surface area contributed by atoms with Gasteiger partial charge in [-0.05, 0) is 80.8 Å². The molecular formula is C30H40F2N4O5. The van der Waals surface area contributed by atoms with Gasteiger partial charge in [-0.3, -0.25) is 19.2 Å². The van der Waals surface area contributed by atoms with Crippen molar-refractivity contribution in [3.8, 4) is 0 Å². The van der Waals surface area contributed by atoms with E-state index in [2.05, 4.69) is 5.32 Å². The first kappa shape index (κ1) is 33.3. The zero-order chi connectivity index (χ0) is 30.5. The molecule has 1 heterocycles. The number of nitrogens with zero attached hydrogens (tertiary/aromatic N) is 1. The summed E-state index contributed by atoms with van der Waals surface area (Å²) in [7, 11) is 0. The molecule has 2 aromatic carbocycles. The number of aryl methyl sites for hydroxylation is 1. The first-order valence-electron chi connectivity index (χ1n) is 13.9. The van der Waals surface area contributed by atoms with Gasteiger partial charge in [0.2, 0.25) is 17.7 Å². The van der Waals surface area contributed by atoms with Crippen LogP contribution in [-0.4, -0.2) is 58.9 Å². The second kappa shape index (κ2) is 16.4. The Hall–Kier alpha value is -3.86. The normalized spacial score (nSPS) is 15.0. The Morgan fingerprint density at radius 2 is 1.46 bits per heavy atom. The van der Waals surface area contributed by atoms with Crippen LogP contribution in [0.1, 0.15) is 95.4 Å². The quantitative estimate of drug-likeness (QED) is 0.288. The maximum absolute atomic E-state index is 13.0. The Kier molecular flexibility index (Phi) is 13.4. The van der Waals surface area contributed by atoms with Gasteiger partial charge in [-0.2, -0.15) is 0 Å². The summed E-state index contributed by atoms with van der Waals surface area (Å²) in [5, 5.41) is 12.7. The van der Waals surface area contributed by atoms with E-state index in [1.165, 1.54) is 30.3 Å². The van der Waals surface area contributed by atoms with Gasteiger partial charge in [0, 0.05) is 48.3 Å². The highest BCUT2D eigenvalue weighted by atomic mass is 19.1. The summed E-state index contributed by atoms with van der Waals surface area (Å²) in [5.41, 5.74) is 11.5. The van der Waals surface area contributed by atoms with Gasteiger partial charge in [0.25, 0.3) is 5.91 Å². The van der Waals surface area contributed by atoms with Crippen LogP contribution in [0.25, 0.3) is 0 Å². The van der Waals surface area contributed by atoms with Gasteiger partial charge in [0.1, 0.15) is 11.6 Å². The number of aliphatic hydroxyl groups is 1. The number of hydrogen-bond donors (Lipinski definition) is 4. The number of nitrogens with two attached hydrogens (primary N) is 2. The predicted octanol–water partition coefficient (Wildman–Crippen LogP) is 3.46. The van der Waals surface area contributed by atoms with Crippen molar-refractivity contribution >= 4 is 23.6 Å². The van der Waals surface area contributed by atoms with Crippen LogP contribution in [0.5, 0.6) is 0 Å². The number of aliphatic hydroxyl groups excluding tert-OH is 1. The molecule has 6 N–H and O–H groups in total. The molecule has 0 spiro atoms. The van der Waals surface area contributed by atoms with Crippen molar-refractivity contribution in [2.45, 2.75) is 77.4 Å². The average Bonchev–Trinajstić information content (AvgIpc) is 3.34. The molecule has 0 aromatic heterocycles. The number of primary amides is 2. The van der Waals surface area contributed by atoms with Crippen LogP contribution in [0.4, 0.5) is 8.78 Å². The van der Waals surface area contributed by atoms with Gasteiger partial charge in [-0.1, -0.05) is 13.8 Å². The fourth-order valence-corrected chi connectivity index (χ4v) is 4.59. The summed E-state index contributed by atoms with van der Waals surface area (Å²) in [6.07, 6.45) is 4.74. The van der Waals surface area contributed by atoms with E-state index < -0.39 is 29.6 Å². The molecule has 2 atom stereocenters. The van der Waals surface area contributed by atoms with Crippen molar-refractivity contribution < 1.29 is 33.1 Å². The van der Waals surface area contributed by atoms with Gasteiger partial charge < -0.3 is 26.8 Å². The molecule has 0 saturated carbocycles. The number of hydrogen-bond acceptors (Lipinski definition) is 5. The fourth-order valence-electron chi connectivity index (χ4n) is 4.59. The number of rotatable bonds is 13. The lowest BCUT2D eigenvalue weighted by atomic mass is 10.0. The van der Waals surface area contributed by atoms with Crippen LogP contribution >= 0.6 is 0 Å². The summed E-state index contributed by atoms with van der Waals surface area (Å²) >= 11 is 0. The minimum atomic E-state index is -0.704. The van der Waals surface area contributed by atoms with E-state index in [4.69, 9.17) is 11.5 Å². The molecule has 0 radical (unpaired) electrons. The maximum Gasteiger partial charge on any atom is 0.253 e. The lowest BCUT2D eigenvalue weighted by Gasteiger charge is -2.22. The molecule has 224 valence electrons. The van der Waals surface area contributed by atoms with Crippen LogP contribution in [0.3, 0.4) is 0 Å². The minimum absolute atomic E-state index is 0.0692. The summed E-state index contributed by atoms with van der Waals surface area (Å²) < 4.78 is 26.0. The topological polar surface area (TPSA) is 156 Å². The summed E-state index contributed by atoms with van der Waals surface area (Å²) in [4.78, 5) is 47.8. The second-order valence-electron chi connectivity index (χ2n) is 10.2. The van der Waals surface area contributed by atoms with Crippen LogP contribution in [-0.2, 0) is 11.2 Å². The number of halogens is 2. The number of carbonyl (C=O) groups excluding carboxylic acids is 4. The lowest BCUT2D eigenvalue weighted by molar-refractivity contribution is -0.119. The van der Waals surface area contributed by atoms with Crippen molar-refractivity contribution in [2.24, 2.45) is 11.5 Å². The molecule has 1 aliphatic heterocycles. The Labute approximate surface area is 239 Å². The number of benzene rings is 2. The molecule has 3 rings (SSSR count). The molecule has 11 heteroatoms. The van der Waals surface area contributed by atoms with Gasteiger partial charge >= 0.3 is 0 Å². The highest BCUT2D eigenvalue weighted by Crippen LogP contribution is 2.17. The maximum atomic E-state index is 13.0. The largest absolute Gasteiger partial charge is 0.393 e. The van der Waals surface area contributed by atoms with Crippen molar-refractivity contribution in [1.29, 1.82) is 0 Å². The third-order valence-corrected chi connectivity index (χ3v) is 6.65. The monoisotopic (exact) mass is 574 g/mol. The molecule has 1 saturated heterocycles. The van der Waals surface area contributed by atoms with E-state index in [-0.39, 0.29) is 34.5 Å². The van der Waals surface area contributed by atoms with Gasteiger partial charge in [-0.15, -0.1) is 0 Å². The Bertz CT molecular complexity index is 1160. The van der Waals surface area contributed by atoms with E-state index in [1.54, 1.807) is 4.90 Å². The van der Waals surface area contributed by atoms with Crippen molar-refractivity contribution in [2.75, 3.05) is 13.1 Å². The Morgan fingerprint density at radius 3 is 1.93 bits per heavy atom. The van der Waals surface area contributed by atoms with Gasteiger partial charge in [0.05, 0.1) is 6.10 Å². The van der Waals surface area contributed by atoms with E-state index in [9.17, 15) is 33.1 Å². The first-order chi connectivity index (χ1) is 19.4. The van der Waals surface area contributed by atoms with Crippen molar-refractivity contribution in [3.63, 3.8) is 0 Å².